The molecule has 1 aliphatic heterocycles. The minimum Gasteiger partial charge on any atom is -0.462 e. The Kier molecular flexibility index (Phi) is 6.62. The molecule has 1 aliphatic rings. The molecule has 2 aromatic heterocycles. The van der Waals surface area contributed by atoms with Crippen LogP contribution >= 0.6 is 11.6 Å². The molecule has 1 saturated heterocycles. The van der Waals surface area contributed by atoms with E-state index in [1.807, 2.05) is 44.4 Å². The maximum absolute atomic E-state index is 6.26. The average Bonchev–Trinajstić information content (AvgIpc) is 3.20. The highest BCUT2D eigenvalue weighted by atomic mass is 35.5. The molecule has 0 saturated carbocycles. The fraction of sp³-hybridized carbons (Fsp3) is 0.409. The fourth-order valence-corrected chi connectivity index (χ4v) is 3.92. The summed E-state index contributed by atoms with van der Waals surface area (Å²) in [6, 6.07) is 10.1. The summed E-state index contributed by atoms with van der Waals surface area (Å²) in [6.07, 6.45) is 3.86. The molecule has 8 heteroatoms. The molecule has 30 heavy (non-hydrogen) atoms. The first-order valence-electron chi connectivity index (χ1n) is 10.3. The zero-order chi connectivity index (χ0) is 20.9. The van der Waals surface area contributed by atoms with Gasteiger partial charge in [0.25, 0.3) is 0 Å². The lowest BCUT2D eigenvalue weighted by Gasteiger charge is -2.22. The van der Waals surface area contributed by atoms with Crippen LogP contribution in [0.5, 0.6) is 6.01 Å². The van der Waals surface area contributed by atoms with E-state index in [-0.39, 0.29) is 0 Å². The van der Waals surface area contributed by atoms with Crippen LogP contribution in [0.3, 0.4) is 0 Å². The molecule has 0 unspecified atom stereocenters. The van der Waals surface area contributed by atoms with Gasteiger partial charge in [-0.3, -0.25) is 5.10 Å². The van der Waals surface area contributed by atoms with E-state index in [9.17, 15) is 0 Å². The van der Waals surface area contributed by atoms with E-state index in [1.54, 1.807) is 6.20 Å². The van der Waals surface area contributed by atoms with E-state index in [1.165, 1.54) is 0 Å². The van der Waals surface area contributed by atoms with Crippen molar-refractivity contribution in [2.45, 2.75) is 18.8 Å². The summed E-state index contributed by atoms with van der Waals surface area (Å²) in [4.78, 5) is 11.1. The number of nitrogens with one attached hydrogen (secondary N) is 2. The summed E-state index contributed by atoms with van der Waals surface area (Å²) in [7, 11) is 4.02. The Morgan fingerprint density at radius 1 is 1.20 bits per heavy atom. The van der Waals surface area contributed by atoms with Crippen molar-refractivity contribution in [3.63, 3.8) is 0 Å². The van der Waals surface area contributed by atoms with Gasteiger partial charge in [0.05, 0.1) is 5.69 Å². The lowest BCUT2D eigenvalue weighted by atomic mass is 9.89. The summed E-state index contributed by atoms with van der Waals surface area (Å²) >= 11 is 6.26. The van der Waals surface area contributed by atoms with Crippen molar-refractivity contribution in [3.05, 3.63) is 47.2 Å². The number of benzene rings is 1. The second kappa shape index (κ2) is 9.55. The lowest BCUT2D eigenvalue weighted by Crippen LogP contribution is -2.27. The number of hydrogen-bond acceptors (Lipinski definition) is 6. The number of likely N-dealkylation sites (N-methyl/N-ethyl adjacent to an activating group) is 1. The van der Waals surface area contributed by atoms with E-state index in [0.29, 0.717) is 23.6 Å². The Morgan fingerprint density at radius 3 is 2.80 bits per heavy atom. The van der Waals surface area contributed by atoms with E-state index in [0.717, 1.165) is 60.7 Å². The van der Waals surface area contributed by atoms with Crippen molar-refractivity contribution in [1.29, 1.82) is 0 Å². The van der Waals surface area contributed by atoms with Crippen LogP contribution < -0.4 is 10.1 Å². The molecule has 0 aliphatic carbocycles. The second-order valence-electron chi connectivity index (χ2n) is 7.77. The second-order valence-corrected chi connectivity index (χ2v) is 8.21. The van der Waals surface area contributed by atoms with Gasteiger partial charge in [0, 0.05) is 40.5 Å². The van der Waals surface area contributed by atoms with E-state index >= 15 is 0 Å². The Balaban J connectivity index is 1.74. The quantitative estimate of drug-likeness (QED) is 0.601. The van der Waals surface area contributed by atoms with Gasteiger partial charge in [-0.05, 0) is 58.2 Å². The van der Waals surface area contributed by atoms with Gasteiger partial charge < -0.3 is 15.0 Å². The largest absolute Gasteiger partial charge is 0.462 e. The first kappa shape index (κ1) is 20.8. The van der Waals surface area contributed by atoms with Crippen molar-refractivity contribution in [1.82, 2.24) is 30.4 Å². The molecule has 3 heterocycles. The van der Waals surface area contributed by atoms with E-state index < -0.39 is 0 Å². The summed E-state index contributed by atoms with van der Waals surface area (Å²) in [5, 5.41) is 12.1. The van der Waals surface area contributed by atoms with Gasteiger partial charge in [0.15, 0.2) is 0 Å². The molecular weight excluding hydrogens is 400 g/mol. The van der Waals surface area contributed by atoms with Crippen LogP contribution in [-0.2, 0) is 0 Å². The molecule has 0 spiro atoms. The van der Waals surface area contributed by atoms with Gasteiger partial charge >= 0.3 is 6.01 Å². The van der Waals surface area contributed by atoms with Gasteiger partial charge in [0.2, 0.25) is 0 Å². The van der Waals surface area contributed by atoms with Gasteiger partial charge in [0.1, 0.15) is 12.3 Å². The lowest BCUT2D eigenvalue weighted by molar-refractivity contribution is 0.245. The van der Waals surface area contributed by atoms with Gasteiger partial charge in [-0.25, -0.2) is 4.98 Å². The predicted molar refractivity (Wildman–Crippen MR) is 119 cm³/mol. The molecule has 7 nitrogen and oxygen atoms in total. The third-order valence-corrected chi connectivity index (χ3v) is 5.53. The monoisotopic (exact) mass is 426 g/mol. The summed E-state index contributed by atoms with van der Waals surface area (Å²) in [5.41, 5.74) is 4.74. The Bertz CT molecular complexity index is 983. The van der Waals surface area contributed by atoms with Crippen LogP contribution in [-0.4, -0.2) is 65.4 Å². The van der Waals surface area contributed by atoms with Gasteiger partial charge in [-0.15, -0.1) is 0 Å². The molecule has 3 aromatic rings. The van der Waals surface area contributed by atoms with Crippen molar-refractivity contribution in [2.75, 3.05) is 40.3 Å². The third kappa shape index (κ3) is 4.80. The van der Waals surface area contributed by atoms with E-state index in [2.05, 4.69) is 25.4 Å². The average molecular weight is 427 g/mol. The van der Waals surface area contributed by atoms with Crippen molar-refractivity contribution >= 4 is 11.6 Å². The number of piperidine rings is 1. The number of H-pyrrole nitrogens is 1. The molecule has 0 bridgehead atoms. The SMILES string of the molecule is CN(C)CCOc1nccc(-c2c(-c3cccc(Cl)c3)n[nH]c2C2CCNCC2)n1. The number of halogens is 1. The standard InChI is InChI=1S/C22H27ClN6O/c1-29(2)12-13-30-22-25-11-8-18(26-22)19-20(15-6-9-24-10-7-15)27-28-21(19)16-4-3-5-17(23)14-16/h3-5,8,11,14-15,24H,6-7,9-10,12-13H2,1-2H3,(H,27,28). The van der Waals surface area contributed by atoms with Crippen molar-refractivity contribution < 1.29 is 4.74 Å². The number of aromatic amines is 1. The number of ether oxygens (including phenoxy) is 1. The van der Waals surface area contributed by atoms with Gasteiger partial charge in [-0.1, -0.05) is 23.7 Å². The number of aromatic nitrogens is 4. The molecule has 4 rings (SSSR count). The van der Waals surface area contributed by atoms with Crippen LogP contribution in [0.25, 0.3) is 22.5 Å². The van der Waals surface area contributed by atoms with Crippen LogP contribution in [0.2, 0.25) is 5.02 Å². The molecule has 0 radical (unpaired) electrons. The molecule has 0 amide bonds. The van der Waals surface area contributed by atoms with Crippen molar-refractivity contribution in [2.24, 2.45) is 0 Å². The first-order valence-corrected chi connectivity index (χ1v) is 10.7. The van der Waals surface area contributed by atoms with Crippen LogP contribution in [0.4, 0.5) is 0 Å². The number of nitrogens with zero attached hydrogens (tertiary/aromatic N) is 4. The third-order valence-electron chi connectivity index (χ3n) is 5.30. The predicted octanol–water partition coefficient (Wildman–Crippen LogP) is 3.59. The highest BCUT2D eigenvalue weighted by molar-refractivity contribution is 6.30. The maximum atomic E-state index is 6.26. The van der Waals surface area contributed by atoms with Crippen LogP contribution in [0.15, 0.2) is 36.5 Å². The zero-order valence-corrected chi connectivity index (χ0v) is 18.1. The van der Waals surface area contributed by atoms with E-state index in [4.69, 9.17) is 21.3 Å². The fourth-order valence-electron chi connectivity index (χ4n) is 3.73. The maximum Gasteiger partial charge on any atom is 0.316 e. The molecule has 158 valence electrons. The first-order chi connectivity index (χ1) is 14.6. The molecular formula is C22H27ClN6O. The minimum absolute atomic E-state index is 0.379. The molecule has 1 aromatic carbocycles. The smallest absolute Gasteiger partial charge is 0.316 e. The molecule has 1 fully saturated rings. The molecule has 2 N–H and O–H groups in total. The highest BCUT2D eigenvalue weighted by Gasteiger charge is 2.26. The summed E-state index contributed by atoms with van der Waals surface area (Å²) < 4.78 is 5.78. The summed E-state index contributed by atoms with van der Waals surface area (Å²) in [5.74, 6) is 0.398. The molecule has 0 atom stereocenters. The Hall–Kier alpha value is -2.48. The normalized spacial score (nSPS) is 14.9. The van der Waals surface area contributed by atoms with Crippen molar-refractivity contribution in [3.8, 4) is 28.5 Å². The Morgan fingerprint density at radius 2 is 2.03 bits per heavy atom. The topological polar surface area (TPSA) is 79.0 Å². The highest BCUT2D eigenvalue weighted by Crippen LogP contribution is 2.39. The van der Waals surface area contributed by atoms with Gasteiger partial charge in [-0.2, -0.15) is 10.1 Å². The Labute approximate surface area is 181 Å². The number of rotatable bonds is 7. The van der Waals surface area contributed by atoms with Crippen LogP contribution in [0, 0.1) is 0 Å². The summed E-state index contributed by atoms with van der Waals surface area (Å²) in [6.45, 7) is 3.33. The number of hydrogen-bond donors (Lipinski definition) is 2. The zero-order valence-electron chi connectivity index (χ0n) is 17.4. The minimum atomic E-state index is 0.379. The van der Waals surface area contributed by atoms with Crippen LogP contribution in [0.1, 0.15) is 24.5 Å².